The molecule has 20 heavy (non-hydrogen) atoms. The Balaban J connectivity index is 2.24. The maximum absolute atomic E-state index is 9.18. The second kappa shape index (κ2) is 7.03. The third kappa shape index (κ3) is 3.56. The van der Waals surface area contributed by atoms with Crippen LogP contribution in [-0.2, 0) is 6.61 Å². The monoisotopic (exact) mass is 272 g/mol. The molecule has 0 aliphatic heterocycles. The first-order chi connectivity index (χ1) is 9.74. The number of aromatic nitrogens is 1. The number of ether oxygens (including phenoxy) is 1. The molecule has 2 rings (SSSR count). The summed E-state index contributed by atoms with van der Waals surface area (Å²) in [6.07, 6.45) is 4.06. The first-order valence-corrected chi connectivity index (χ1v) is 6.76. The molecule has 4 heteroatoms. The van der Waals surface area contributed by atoms with E-state index in [0.717, 1.165) is 17.5 Å². The zero-order valence-corrected chi connectivity index (χ0v) is 11.6. The third-order valence-corrected chi connectivity index (χ3v) is 3.22. The van der Waals surface area contributed by atoms with Gasteiger partial charge < -0.3 is 15.6 Å². The van der Waals surface area contributed by atoms with Crippen LogP contribution in [0.25, 0.3) is 0 Å². The van der Waals surface area contributed by atoms with E-state index in [4.69, 9.17) is 10.5 Å². The largest absolute Gasteiger partial charge is 0.484 e. The molecule has 0 saturated carbocycles. The Bertz CT molecular complexity index is 531. The molecule has 0 spiro atoms. The van der Waals surface area contributed by atoms with E-state index in [1.54, 1.807) is 12.4 Å². The van der Waals surface area contributed by atoms with Gasteiger partial charge in [-0.15, -0.1) is 0 Å². The van der Waals surface area contributed by atoms with Crippen molar-refractivity contribution in [3.63, 3.8) is 0 Å². The minimum atomic E-state index is -0.248. The Labute approximate surface area is 119 Å². The summed E-state index contributed by atoms with van der Waals surface area (Å²) in [5, 5.41) is 9.18. The molecule has 2 atom stereocenters. The van der Waals surface area contributed by atoms with E-state index in [9.17, 15) is 5.11 Å². The van der Waals surface area contributed by atoms with E-state index < -0.39 is 0 Å². The Morgan fingerprint density at radius 3 is 2.80 bits per heavy atom. The molecule has 0 bridgehead atoms. The van der Waals surface area contributed by atoms with Gasteiger partial charge in [-0.2, -0.15) is 0 Å². The average Bonchev–Trinajstić information content (AvgIpc) is 2.53. The van der Waals surface area contributed by atoms with Crippen LogP contribution in [0, 0.1) is 0 Å². The third-order valence-electron chi connectivity index (χ3n) is 3.22. The quantitative estimate of drug-likeness (QED) is 0.847. The molecular formula is C16H20N2O2. The Kier molecular flexibility index (Phi) is 5.09. The molecule has 0 amide bonds. The molecule has 2 aromatic rings. The minimum absolute atomic E-state index is 0.00537. The summed E-state index contributed by atoms with van der Waals surface area (Å²) in [6.45, 7) is 2.02. The van der Waals surface area contributed by atoms with Crippen LogP contribution in [0.5, 0.6) is 5.75 Å². The standard InChI is InChI=1S/C16H20N2O2/c1-2-15(17)16(13-6-4-8-18-10-13)20-14-7-3-5-12(9-14)11-19/h3-10,15-16,19H,2,11,17H2,1H3. The smallest absolute Gasteiger partial charge is 0.140 e. The lowest BCUT2D eigenvalue weighted by molar-refractivity contribution is 0.170. The van der Waals surface area contributed by atoms with Crippen molar-refractivity contribution >= 4 is 0 Å². The van der Waals surface area contributed by atoms with Gasteiger partial charge in [-0.3, -0.25) is 4.98 Å². The van der Waals surface area contributed by atoms with E-state index in [2.05, 4.69) is 4.98 Å². The number of hydrogen-bond acceptors (Lipinski definition) is 4. The summed E-state index contributed by atoms with van der Waals surface area (Å²) in [5.74, 6) is 0.703. The van der Waals surface area contributed by atoms with Crippen LogP contribution in [-0.4, -0.2) is 16.1 Å². The predicted molar refractivity (Wildman–Crippen MR) is 78.2 cm³/mol. The summed E-state index contributed by atoms with van der Waals surface area (Å²) in [7, 11) is 0. The van der Waals surface area contributed by atoms with E-state index in [1.807, 2.05) is 43.3 Å². The fourth-order valence-corrected chi connectivity index (χ4v) is 2.02. The number of rotatable bonds is 6. The number of hydrogen-bond donors (Lipinski definition) is 2. The second-order valence-electron chi connectivity index (χ2n) is 4.70. The van der Waals surface area contributed by atoms with Gasteiger partial charge in [0.2, 0.25) is 0 Å². The van der Waals surface area contributed by atoms with Crippen molar-refractivity contribution < 1.29 is 9.84 Å². The Hall–Kier alpha value is -1.91. The first-order valence-electron chi connectivity index (χ1n) is 6.76. The van der Waals surface area contributed by atoms with Gasteiger partial charge in [-0.1, -0.05) is 25.1 Å². The van der Waals surface area contributed by atoms with Gasteiger partial charge in [0, 0.05) is 24.0 Å². The van der Waals surface area contributed by atoms with E-state index in [-0.39, 0.29) is 18.8 Å². The first kappa shape index (κ1) is 14.5. The van der Waals surface area contributed by atoms with Crippen LogP contribution >= 0.6 is 0 Å². The van der Waals surface area contributed by atoms with E-state index in [1.165, 1.54) is 0 Å². The summed E-state index contributed by atoms with van der Waals surface area (Å²) < 4.78 is 6.02. The van der Waals surface area contributed by atoms with Gasteiger partial charge >= 0.3 is 0 Å². The lowest BCUT2D eigenvalue weighted by atomic mass is 10.0. The SMILES string of the molecule is CCC(N)C(Oc1cccc(CO)c1)c1cccnc1. The number of benzene rings is 1. The molecule has 0 radical (unpaired) electrons. The molecule has 2 unspecified atom stereocenters. The van der Waals surface area contributed by atoms with E-state index >= 15 is 0 Å². The maximum atomic E-state index is 9.18. The number of nitrogens with zero attached hydrogens (tertiary/aromatic N) is 1. The van der Waals surface area contributed by atoms with E-state index in [0.29, 0.717) is 5.75 Å². The number of pyridine rings is 1. The molecule has 0 aliphatic rings. The summed E-state index contributed by atoms with van der Waals surface area (Å²) >= 11 is 0. The molecule has 0 aliphatic carbocycles. The summed E-state index contributed by atoms with van der Waals surface area (Å²) in [5.41, 5.74) is 7.94. The fraction of sp³-hybridized carbons (Fsp3) is 0.312. The zero-order valence-electron chi connectivity index (χ0n) is 11.6. The van der Waals surface area contributed by atoms with Crippen LogP contribution in [0.2, 0.25) is 0 Å². The highest BCUT2D eigenvalue weighted by molar-refractivity contribution is 5.29. The molecule has 3 N–H and O–H groups in total. The zero-order chi connectivity index (χ0) is 14.4. The van der Waals surface area contributed by atoms with Gasteiger partial charge in [-0.05, 0) is 30.2 Å². The van der Waals surface area contributed by atoms with Crippen molar-refractivity contribution in [3.8, 4) is 5.75 Å². The molecule has 0 saturated heterocycles. The normalized spacial score (nSPS) is 13.8. The molecule has 4 nitrogen and oxygen atoms in total. The predicted octanol–water partition coefficient (Wildman–Crippen LogP) is 2.43. The fourth-order valence-electron chi connectivity index (χ4n) is 2.02. The van der Waals surface area contributed by atoms with Crippen molar-refractivity contribution in [3.05, 3.63) is 59.9 Å². The molecule has 0 fully saturated rings. The highest BCUT2D eigenvalue weighted by Crippen LogP contribution is 2.25. The Morgan fingerprint density at radius 1 is 1.30 bits per heavy atom. The van der Waals surface area contributed by atoms with Crippen molar-refractivity contribution in [2.75, 3.05) is 0 Å². The second-order valence-corrected chi connectivity index (χ2v) is 4.70. The number of aliphatic hydroxyl groups is 1. The van der Waals surface area contributed by atoms with Gasteiger partial charge in [0.05, 0.1) is 6.61 Å². The highest BCUT2D eigenvalue weighted by Gasteiger charge is 2.20. The summed E-state index contributed by atoms with van der Waals surface area (Å²) in [6, 6.07) is 11.1. The Morgan fingerprint density at radius 2 is 2.15 bits per heavy atom. The van der Waals surface area contributed by atoms with Crippen molar-refractivity contribution in [2.45, 2.75) is 32.1 Å². The number of aliphatic hydroxyl groups excluding tert-OH is 1. The number of nitrogens with two attached hydrogens (primary N) is 1. The molecule has 1 aromatic heterocycles. The van der Waals surface area contributed by atoms with Gasteiger partial charge in [0.25, 0.3) is 0 Å². The van der Waals surface area contributed by atoms with Crippen molar-refractivity contribution in [1.29, 1.82) is 0 Å². The lowest BCUT2D eigenvalue weighted by Crippen LogP contribution is -2.31. The molecule has 1 aromatic carbocycles. The minimum Gasteiger partial charge on any atom is -0.484 e. The van der Waals surface area contributed by atoms with Crippen LogP contribution in [0.1, 0.15) is 30.6 Å². The van der Waals surface area contributed by atoms with Gasteiger partial charge in [-0.25, -0.2) is 0 Å². The van der Waals surface area contributed by atoms with Crippen molar-refractivity contribution in [1.82, 2.24) is 4.98 Å². The van der Waals surface area contributed by atoms with Crippen LogP contribution in [0.3, 0.4) is 0 Å². The lowest BCUT2D eigenvalue weighted by Gasteiger charge is -2.24. The highest BCUT2D eigenvalue weighted by atomic mass is 16.5. The summed E-state index contributed by atoms with van der Waals surface area (Å²) in [4.78, 5) is 4.12. The molecule has 106 valence electrons. The average molecular weight is 272 g/mol. The molecular weight excluding hydrogens is 252 g/mol. The maximum Gasteiger partial charge on any atom is 0.140 e. The van der Waals surface area contributed by atoms with Crippen molar-refractivity contribution in [2.24, 2.45) is 5.73 Å². The topological polar surface area (TPSA) is 68.4 Å². The molecule has 1 heterocycles. The van der Waals surface area contributed by atoms with Crippen LogP contribution in [0.15, 0.2) is 48.8 Å². The van der Waals surface area contributed by atoms with Crippen LogP contribution < -0.4 is 10.5 Å². The van der Waals surface area contributed by atoms with Gasteiger partial charge in [0.15, 0.2) is 0 Å². The van der Waals surface area contributed by atoms with Crippen LogP contribution in [0.4, 0.5) is 0 Å². The van der Waals surface area contributed by atoms with Gasteiger partial charge in [0.1, 0.15) is 11.9 Å².